The molecule has 1 aromatic carbocycles. The Balaban J connectivity index is 1.29. The van der Waals surface area contributed by atoms with Crippen molar-refractivity contribution >= 4 is 48.8 Å². The van der Waals surface area contributed by atoms with E-state index in [1.807, 2.05) is 30.3 Å². The minimum atomic E-state index is -3.67. The van der Waals surface area contributed by atoms with Gasteiger partial charge in [-0.1, -0.05) is 18.6 Å². The molecule has 1 aliphatic rings. The number of nitrogens with one attached hydrogen (secondary N) is 1. The number of fused-ring (bicyclic) bond motifs is 1. The summed E-state index contributed by atoms with van der Waals surface area (Å²) in [6.45, 7) is 1.16. The Morgan fingerprint density at radius 3 is 2.72 bits per heavy atom. The summed E-state index contributed by atoms with van der Waals surface area (Å²) in [5.41, 5.74) is 0.916. The van der Waals surface area contributed by atoms with E-state index >= 15 is 0 Å². The SMILES string of the molecule is O=C(NCc1ccc(-c2nc3ccccc3s2)o1)c1sccc1S(=O)(=O)N1CCCCC1. The molecule has 0 aliphatic carbocycles. The molecule has 166 valence electrons. The fraction of sp³-hybridized carbons (Fsp3) is 0.273. The van der Waals surface area contributed by atoms with Gasteiger partial charge in [0.1, 0.15) is 15.5 Å². The first-order chi connectivity index (χ1) is 15.5. The third-order valence-corrected chi connectivity index (χ3v) is 9.39. The van der Waals surface area contributed by atoms with Gasteiger partial charge in [-0.2, -0.15) is 4.31 Å². The van der Waals surface area contributed by atoms with Crippen molar-refractivity contribution < 1.29 is 17.6 Å². The molecule has 0 atom stereocenters. The smallest absolute Gasteiger partial charge is 0.263 e. The van der Waals surface area contributed by atoms with Crippen LogP contribution in [0.2, 0.25) is 0 Å². The Morgan fingerprint density at radius 1 is 1.09 bits per heavy atom. The van der Waals surface area contributed by atoms with E-state index < -0.39 is 15.9 Å². The van der Waals surface area contributed by atoms with Crippen LogP contribution in [0.1, 0.15) is 34.7 Å². The topological polar surface area (TPSA) is 92.5 Å². The molecule has 4 heterocycles. The maximum absolute atomic E-state index is 13.0. The van der Waals surface area contributed by atoms with Gasteiger partial charge in [0, 0.05) is 13.1 Å². The lowest BCUT2D eigenvalue weighted by atomic mass is 10.2. The summed E-state index contributed by atoms with van der Waals surface area (Å²) in [6.07, 6.45) is 2.73. The van der Waals surface area contributed by atoms with Gasteiger partial charge in [-0.3, -0.25) is 4.79 Å². The fourth-order valence-corrected chi connectivity index (χ4v) is 7.49. The number of piperidine rings is 1. The molecule has 1 amide bonds. The van der Waals surface area contributed by atoms with Gasteiger partial charge in [0.2, 0.25) is 10.0 Å². The number of carbonyl (C=O) groups is 1. The monoisotopic (exact) mass is 487 g/mol. The largest absolute Gasteiger partial charge is 0.457 e. The van der Waals surface area contributed by atoms with Crippen molar-refractivity contribution in [2.45, 2.75) is 30.7 Å². The van der Waals surface area contributed by atoms with Crippen molar-refractivity contribution in [1.29, 1.82) is 0 Å². The normalized spacial score (nSPS) is 15.2. The first-order valence-electron chi connectivity index (χ1n) is 10.3. The summed E-state index contributed by atoms with van der Waals surface area (Å²) in [5, 5.41) is 5.20. The van der Waals surface area contributed by atoms with Gasteiger partial charge in [0.15, 0.2) is 10.8 Å². The Labute approximate surface area is 193 Å². The number of thiophene rings is 1. The average molecular weight is 488 g/mol. The Morgan fingerprint density at radius 2 is 1.91 bits per heavy atom. The molecule has 0 saturated carbocycles. The lowest BCUT2D eigenvalue weighted by Crippen LogP contribution is -2.36. The molecule has 1 N–H and O–H groups in total. The summed E-state index contributed by atoms with van der Waals surface area (Å²) in [5.74, 6) is 0.790. The summed E-state index contributed by atoms with van der Waals surface area (Å²) in [4.78, 5) is 17.7. The van der Waals surface area contributed by atoms with Crippen molar-refractivity contribution in [2.24, 2.45) is 0 Å². The van der Waals surface area contributed by atoms with Gasteiger partial charge in [-0.25, -0.2) is 13.4 Å². The van der Waals surface area contributed by atoms with E-state index in [4.69, 9.17) is 4.42 Å². The fourth-order valence-electron chi connectivity index (χ4n) is 3.72. The lowest BCUT2D eigenvalue weighted by Gasteiger charge is -2.25. The zero-order chi connectivity index (χ0) is 22.1. The average Bonchev–Trinajstić information content (AvgIpc) is 3.57. The number of hydrogen-bond donors (Lipinski definition) is 1. The third kappa shape index (κ3) is 4.11. The molecular weight excluding hydrogens is 466 g/mol. The molecule has 0 bridgehead atoms. The molecule has 0 radical (unpaired) electrons. The van der Waals surface area contributed by atoms with E-state index in [9.17, 15) is 13.2 Å². The van der Waals surface area contributed by atoms with Crippen LogP contribution in [-0.4, -0.2) is 36.7 Å². The van der Waals surface area contributed by atoms with E-state index in [-0.39, 0.29) is 16.3 Å². The van der Waals surface area contributed by atoms with Gasteiger partial charge in [-0.05, 0) is 48.6 Å². The summed E-state index contributed by atoms with van der Waals surface area (Å²) in [6, 6.07) is 13.0. The van der Waals surface area contributed by atoms with Gasteiger partial charge >= 0.3 is 0 Å². The highest BCUT2D eigenvalue weighted by Crippen LogP contribution is 2.31. The summed E-state index contributed by atoms with van der Waals surface area (Å²) >= 11 is 2.67. The molecule has 32 heavy (non-hydrogen) atoms. The van der Waals surface area contributed by atoms with Crippen LogP contribution in [0.15, 0.2) is 57.2 Å². The van der Waals surface area contributed by atoms with Crippen LogP contribution in [0.3, 0.4) is 0 Å². The quantitative estimate of drug-likeness (QED) is 0.425. The number of carbonyl (C=O) groups excluding carboxylic acids is 1. The molecule has 1 saturated heterocycles. The second-order valence-corrected chi connectivity index (χ2v) is 11.4. The molecule has 1 fully saturated rings. The third-order valence-electron chi connectivity index (χ3n) is 5.36. The van der Waals surface area contributed by atoms with Crippen LogP contribution in [-0.2, 0) is 16.6 Å². The molecule has 3 aromatic heterocycles. The van der Waals surface area contributed by atoms with E-state index in [1.165, 1.54) is 10.4 Å². The molecule has 7 nitrogen and oxygen atoms in total. The van der Waals surface area contributed by atoms with Crippen molar-refractivity contribution in [2.75, 3.05) is 13.1 Å². The van der Waals surface area contributed by atoms with Gasteiger partial charge in [0.05, 0.1) is 16.8 Å². The summed E-state index contributed by atoms with van der Waals surface area (Å²) in [7, 11) is -3.67. The van der Waals surface area contributed by atoms with E-state index in [1.54, 1.807) is 22.8 Å². The van der Waals surface area contributed by atoms with Crippen molar-refractivity contribution in [3.63, 3.8) is 0 Å². The highest BCUT2D eigenvalue weighted by molar-refractivity contribution is 7.89. The standard InChI is InChI=1S/C22H21N3O4S3/c26-21(20-19(10-13-30-20)32(27,28)25-11-4-1-5-12-25)23-14-15-8-9-17(29-15)22-24-16-6-2-3-7-18(16)31-22/h2-3,6-10,13H,1,4-5,11-12,14H2,(H,23,26). The van der Waals surface area contributed by atoms with Crippen molar-refractivity contribution in [1.82, 2.24) is 14.6 Å². The van der Waals surface area contributed by atoms with Gasteiger partial charge in [-0.15, -0.1) is 22.7 Å². The molecule has 5 rings (SSSR count). The predicted molar refractivity (Wildman–Crippen MR) is 125 cm³/mol. The van der Waals surface area contributed by atoms with E-state index in [2.05, 4.69) is 10.3 Å². The van der Waals surface area contributed by atoms with E-state index in [0.717, 1.165) is 45.8 Å². The summed E-state index contributed by atoms with van der Waals surface area (Å²) < 4.78 is 34.4. The molecular formula is C22H21N3O4S3. The maximum atomic E-state index is 13.0. The molecule has 0 unspecified atom stereocenters. The van der Waals surface area contributed by atoms with Crippen LogP contribution in [0.5, 0.6) is 0 Å². The number of thiazole rings is 1. The molecule has 0 spiro atoms. The number of hydrogen-bond acceptors (Lipinski definition) is 7. The molecule has 10 heteroatoms. The Hall–Kier alpha value is -2.53. The maximum Gasteiger partial charge on any atom is 0.263 e. The van der Waals surface area contributed by atoms with E-state index in [0.29, 0.717) is 24.6 Å². The number of sulfonamides is 1. The Kier molecular flexibility index (Phi) is 5.85. The highest BCUT2D eigenvalue weighted by Gasteiger charge is 2.31. The van der Waals surface area contributed by atoms with Crippen molar-refractivity contribution in [3.05, 3.63) is 58.5 Å². The van der Waals surface area contributed by atoms with Crippen LogP contribution in [0, 0.1) is 0 Å². The first kappa shape index (κ1) is 21.3. The van der Waals surface area contributed by atoms with Crippen LogP contribution in [0.25, 0.3) is 21.0 Å². The molecule has 1 aliphatic heterocycles. The lowest BCUT2D eigenvalue weighted by molar-refractivity contribution is 0.0949. The zero-order valence-electron chi connectivity index (χ0n) is 17.1. The second-order valence-electron chi connectivity index (χ2n) is 7.51. The number of aromatic nitrogens is 1. The predicted octanol–water partition coefficient (Wildman–Crippen LogP) is 4.72. The number of amides is 1. The number of rotatable bonds is 6. The minimum absolute atomic E-state index is 0.0801. The van der Waals surface area contributed by atoms with Crippen molar-refractivity contribution in [3.8, 4) is 10.8 Å². The molecule has 4 aromatic rings. The second kappa shape index (κ2) is 8.78. The first-order valence-corrected chi connectivity index (χ1v) is 13.5. The van der Waals surface area contributed by atoms with Gasteiger partial charge < -0.3 is 9.73 Å². The number of nitrogens with zero attached hydrogens (tertiary/aromatic N) is 2. The van der Waals surface area contributed by atoms with Crippen LogP contribution < -0.4 is 5.32 Å². The van der Waals surface area contributed by atoms with Crippen LogP contribution in [0.4, 0.5) is 0 Å². The van der Waals surface area contributed by atoms with Crippen LogP contribution >= 0.6 is 22.7 Å². The van der Waals surface area contributed by atoms with Gasteiger partial charge in [0.25, 0.3) is 5.91 Å². The highest BCUT2D eigenvalue weighted by atomic mass is 32.2. The minimum Gasteiger partial charge on any atom is -0.457 e. The zero-order valence-corrected chi connectivity index (χ0v) is 19.6. The number of benzene rings is 1. The Bertz CT molecular complexity index is 1330. The number of furan rings is 1. The number of para-hydroxylation sites is 1.